The second-order valence-corrected chi connectivity index (χ2v) is 11.1. The first-order chi connectivity index (χ1) is 20.2. The highest BCUT2D eigenvalue weighted by Gasteiger charge is 2.45. The molecule has 1 saturated carbocycles. The Labute approximate surface area is 242 Å². The third-order valence-corrected chi connectivity index (χ3v) is 8.55. The second kappa shape index (κ2) is 11.1. The Balaban J connectivity index is 1.18. The summed E-state index contributed by atoms with van der Waals surface area (Å²) in [4.78, 5) is 29.1. The number of hydrogen-bond acceptors (Lipinski definition) is 3. The van der Waals surface area contributed by atoms with Crippen molar-refractivity contribution >= 4 is 11.9 Å². The van der Waals surface area contributed by atoms with Gasteiger partial charge in [-0.1, -0.05) is 79.6 Å². The van der Waals surface area contributed by atoms with E-state index < -0.39 is 23.1 Å². The van der Waals surface area contributed by atoms with Crippen molar-refractivity contribution < 1.29 is 27.5 Å². The molecule has 7 heteroatoms. The summed E-state index contributed by atoms with van der Waals surface area (Å²) in [5, 5.41) is 0. The van der Waals surface area contributed by atoms with Crippen molar-refractivity contribution in [2.24, 2.45) is 0 Å². The van der Waals surface area contributed by atoms with Crippen molar-refractivity contribution in [3.63, 3.8) is 0 Å². The van der Waals surface area contributed by atoms with Gasteiger partial charge in [-0.3, -0.25) is 4.79 Å². The fraction of sp³-hybridized carbons (Fsp3) is 0.257. The van der Waals surface area contributed by atoms with E-state index in [2.05, 4.69) is 12.1 Å². The first-order valence-corrected chi connectivity index (χ1v) is 14.2. The molecular formula is C35H30F3NO3. The first kappa shape index (κ1) is 27.8. The van der Waals surface area contributed by atoms with Gasteiger partial charge in [0.2, 0.25) is 5.91 Å². The molecule has 2 aliphatic rings. The molecule has 1 aliphatic carbocycles. The lowest BCUT2D eigenvalue weighted by molar-refractivity contribution is -0.138. The SMILES string of the molecule is O=C(Oc1ccc2c(c1)CCN(C(=O)C1(c3ccccc3)CCCC1)C2)c1ccccc1-c1ccc(C(F)(F)F)cc1. The highest BCUT2D eigenvalue weighted by atomic mass is 19.4. The van der Waals surface area contributed by atoms with Gasteiger partial charge in [0.05, 0.1) is 16.5 Å². The quantitative estimate of drug-likeness (QED) is 0.181. The van der Waals surface area contributed by atoms with Crippen LogP contribution in [0, 0.1) is 0 Å². The average molecular weight is 570 g/mol. The summed E-state index contributed by atoms with van der Waals surface area (Å²) in [6.07, 6.45) is 0.0285. The number of carbonyl (C=O) groups excluding carboxylic acids is 2. The van der Waals surface area contributed by atoms with Crippen molar-refractivity contribution in [3.8, 4) is 16.9 Å². The number of amides is 1. The molecule has 6 rings (SSSR count). The standard InChI is InChI=1S/C35H30F3NO3/c36-35(37,38)28-15-12-24(13-16-28)30-10-4-5-11-31(30)32(40)42-29-17-14-26-23-39(21-18-25(26)22-29)33(41)34(19-6-7-20-34)27-8-2-1-3-9-27/h1-5,8-17,22H,6-7,18-21,23H2. The molecule has 1 heterocycles. The molecule has 4 nitrogen and oxygen atoms in total. The number of hydrogen-bond donors (Lipinski definition) is 0. The third-order valence-electron chi connectivity index (χ3n) is 8.55. The van der Waals surface area contributed by atoms with Crippen LogP contribution in [-0.4, -0.2) is 23.3 Å². The highest BCUT2D eigenvalue weighted by Crippen LogP contribution is 2.43. The van der Waals surface area contributed by atoms with Crippen molar-refractivity contribution in [2.45, 2.75) is 50.2 Å². The molecule has 1 fully saturated rings. The molecule has 4 aromatic carbocycles. The Kier molecular flexibility index (Phi) is 7.35. The molecule has 0 atom stereocenters. The molecule has 0 radical (unpaired) electrons. The van der Waals surface area contributed by atoms with E-state index in [0.717, 1.165) is 54.5 Å². The van der Waals surface area contributed by atoms with Crippen LogP contribution < -0.4 is 4.74 Å². The van der Waals surface area contributed by atoms with E-state index in [0.29, 0.717) is 36.4 Å². The van der Waals surface area contributed by atoms with Crippen LogP contribution in [0.5, 0.6) is 5.75 Å². The molecule has 1 aliphatic heterocycles. The molecular weight excluding hydrogens is 539 g/mol. The predicted molar refractivity (Wildman–Crippen MR) is 154 cm³/mol. The summed E-state index contributed by atoms with van der Waals surface area (Å²) in [6, 6.07) is 27.0. The molecule has 42 heavy (non-hydrogen) atoms. The summed E-state index contributed by atoms with van der Waals surface area (Å²) >= 11 is 0. The molecule has 0 N–H and O–H groups in total. The van der Waals surface area contributed by atoms with E-state index in [1.165, 1.54) is 12.1 Å². The van der Waals surface area contributed by atoms with Crippen LogP contribution in [0.15, 0.2) is 97.1 Å². The van der Waals surface area contributed by atoms with Gasteiger partial charge in [0, 0.05) is 13.1 Å². The fourth-order valence-corrected chi connectivity index (χ4v) is 6.34. The number of esters is 1. The van der Waals surface area contributed by atoms with Crippen LogP contribution in [0.25, 0.3) is 11.1 Å². The van der Waals surface area contributed by atoms with Crippen molar-refractivity contribution in [2.75, 3.05) is 6.54 Å². The summed E-state index contributed by atoms with van der Waals surface area (Å²) in [7, 11) is 0. The Morgan fingerprint density at radius 2 is 1.48 bits per heavy atom. The van der Waals surface area contributed by atoms with Gasteiger partial charge < -0.3 is 9.64 Å². The van der Waals surface area contributed by atoms with Crippen LogP contribution >= 0.6 is 0 Å². The van der Waals surface area contributed by atoms with Gasteiger partial charge >= 0.3 is 12.1 Å². The number of ether oxygens (including phenoxy) is 1. The highest BCUT2D eigenvalue weighted by molar-refractivity contribution is 5.98. The fourth-order valence-electron chi connectivity index (χ4n) is 6.34. The predicted octanol–water partition coefficient (Wildman–Crippen LogP) is 7.99. The molecule has 0 aromatic heterocycles. The minimum Gasteiger partial charge on any atom is -0.423 e. The largest absolute Gasteiger partial charge is 0.423 e. The van der Waals surface area contributed by atoms with Crippen molar-refractivity contribution in [1.29, 1.82) is 0 Å². The van der Waals surface area contributed by atoms with Crippen LogP contribution in [-0.2, 0) is 29.4 Å². The zero-order chi connectivity index (χ0) is 29.3. The zero-order valence-electron chi connectivity index (χ0n) is 23.0. The Bertz CT molecular complexity index is 1610. The van der Waals surface area contributed by atoms with Crippen molar-refractivity contribution in [3.05, 3.63) is 125 Å². The first-order valence-electron chi connectivity index (χ1n) is 14.2. The molecule has 0 bridgehead atoms. The van der Waals surface area contributed by atoms with Crippen LogP contribution in [0.2, 0.25) is 0 Å². The van der Waals surface area contributed by atoms with Crippen LogP contribution in [0.4, 0.5) is 13.2 Å². The van der Waals surface area contributed by atoms with Crippen molar-refractivity contribution in [1.82, 2.24) is 4.90 Å². The average Bonchev–Trinajstić information content (AvgIpc) is 3.52. The number of rotatable bonds is 5. The van der Waals surface area contributed by atoms with E-state index in [9.17, 15) is 22.8 Å². The van der Waals surface area contributed by atoms with Gasteiger partial charge in [0.25, 0.3) is 0 Å². The number of carbonyl (C=O) groups is 2. The van der Waals surface area contributed by atoms with Gasteiger partial charge in [-0.05, 0) is 77.4 Å². The number of fused-ring (bicyclic) bond motifs is 1. The minimum atomic E-state index is -4.44. The van der Waals surface area contributed by atoms with Gasteiger partial charge in [0.15, 0.2) is 0 Å². The number of halogens is 3. The maximum atomic E-state index is 13.9. The lowest BCUT2D eigenvalue weighted by Crippen LogP contribution is -2.47. The van der Waals surface area contributed by atoms with Crippen LogP contribution in [0.3, 0.4) is 0 Å². The minimum absolute atomic E-state index is 0.187. The topological polar surface area (TPSA) is 46.6 Å². The number of benzene rings is 4. The molecule has 0 spiro atoms. The Morgan fingerprint density at radius 3 is 2.19 bits per heavy atom. The van der Waals surface area contributed by atoms with Gasteiger partial charge in [-0.15, -0.1) is 0 Å². The van der Waals surface area contributed by atoms with Crippen LogP contribution in [0.1, 0.15) is 58.3 Å². The van der Waals surface area contributed by atoms with E-state index in [1.807, 2.05) is 35.2 Å². The van der Waals surface area contributed by atoms with Gasteiger partial charge in [-0.25, -0.2) is 4.79 Å². The molecule has 1 amide bonds. The Morgan fingerprint density at radius 1 is 0.786 bits per heavy atom. The number of alkyl halides is 3. The van der Waals surface area contributed by atoms with Gasteiger partial charge in [0.1, 0.15) is 5.75 Å². The van der Waals surface area contributed by atoms with E-state index >= 15 is 0 Å². The monoisotopic (exact) mass is 569 g/mol. The summed E-state index contributed by atoms with van der Waals surface area (Å²) in [6.45, 7) is 1.10. The maximum absolute atomic E-state index is 13.9. The lowest BCUT2D eigenvalue weighted by Gasteiger charge is -2.37. The summed E-state index contributed by atoms with van der Waals surface area (Å²) < 4.78 is 44.8. The normalized spacial score (nSPS) is 16.1. The maximum Gasteiger partial charge on any atom is 0.416 e. The third kappa shape index (κ3) is 5.31. The lowest BCUT2D eigenvalue weighted by atomic mass is 9.77. The van der Waals surface area contributed by atoms with Gasteiger partial charge in [-0.2, -0.15) is 13.2 Å². The molecule has 0 saturated heterocycles. The molecule has 4 aromatic rings. The number of nitrogens with zero attached hydrogens (tertiary/aromatic N) is 1. The molecule has 0 unspecified atom stereocenters. The van der Waals surface area contributed by atoms with E-state index in [4.69, 9.17) is 4.74 Å². The van der Waals surface area contributed by atoms with E-state index in [-0.39, 0.29) is 11.5 Å². The second-order valence-electron chi connectivity index (χ2n) is 11.1. The summed E-state index contributed by atoms with van der Waals surface area (Å²) in [5.74, 6) is -0.0198. The molecule has 214 valence electrons. The Hall–Kier alpha value is -4.39. The smallest absolute Gasteiger partial charge is 0.416 e. The van der Waals surface area contributed by atoms with E-state index in [1.54, 1.807) is 30.3 Å². The zero-order valence-corrected chi connectivity index (χ0v) is 23.0. The summed E-state index contributed by atoms with van der Waals surface area (Å²) in [5.41, 5.74) is 3.17.